The molecule has 3 nitrogen and oxygen atoms in total. The van der Waals surface area contributed by atoms with Gasteiger partial charge < -0.3 is 14.7 Å². The van der Waals surface area contributed by atoms with Crippen LogP contribution in [0.4, 0.5) is 0 Å². The van der Waals surface area contributed by atoms with E-state index in [0.717, 1.165) is 5.92 Å². The molecule has 0 spiro atoms. The number of rotatable bonds is 4. The van der Waals surface area contributed by atoms with Crippen LogP contribution in [0.25, 0.3) is 0 Å². The van der Waals surface area contributed by atoms with Gasteiger partial charge in [0.15, 0.2) is 0 Å². The molecule has 0 saturated carbocycles. The van der Waals surface area contributed by atoms with Crippen molar-refractivity contribution >= 4 is 0 Å². The lowest BCUT2D eigenvalue weighted by Crippen LogP contribution is -2.46. The van der Waals surface area contributed by atoms with Crippen molar-refractivity contribution in [2.24, 2.45) is 5.92 Å². The molecule has 3 heteroatoms. The van der Waals surface area contributed by atoms with Crippen molar-refractivity contribution in [3.8, 4) is 0 Å². The van der Waals surface area contributed by atoms with Crippen molar-refractivity contribution in [2.45, 2.75) is 40.0 Å². The van der Waals surface area contributed by atoms with E-state index in [9.17, 15) is 0 Å². The fraction of sp³-hybridized carbons (Fsp3) is 1.00. The predicted octanol–water partition coefficient (Wildman–Crippen LogP) is 2.38. The molecule has 2 rings (SSSR count). The van der Waals surface area contributed by atoms with E-state index in [2.05, 4.69) is 28.7 Å². The fourth-order valence-corrected chi connectivity index (χ4v) is 3.05. The molecule has 2 heterocycles. The summed E-state index contributed by atoms with van der Waals surface area (Å²) in [5.41, 5.74) is 0. The zero-order valence-electron chi connectivity index (χ0n) is 13.7. The number of nitrogens with zero attached hydrogens (tertiary/aromatic N) is 3. The quantitative estimate of drug-likeness (QED) is 0.776. The molecule has 0 amide bonds. The number of likely N-dealkylation sites (N-methyl/N-ethyl adjacent to an activating group) is 1. The smallest absolute Gasteiger partial charge is 0.0110 e. The summed E-state index contributed by atoms with van der Waals surface area (Å²) in [7, 11) is 2.25. The van der Waals surface area contributed by atoms with Gasteiger partial charge in [0.05, 0.1) is 0 Å². The van der Waals surface area contributed by atoms with Crippen LogP contribution in [0, 0.1) is 5.92 Å². The van der Waals surface area contributed by atoms with Gasteiger partial charge in [-0.05, 0) is 58.4 Å². The lowest BCUT2D eigenvalue weighted by Gasteiger charge is -2.35. The lowest BCUT2D eigenvalue weighted by atomic mass is 9.93. The minimum atomic E-state index is 0.996. The van der Waals surface area contributed by atoms with E-state index in [1.165, 1.54) is 71.6 Å². The molecule has 2 fully saturated rings. The summed E-state index contributed by atoms with van der Waals surface area (Å²) < 4.78 is 0. The minimum absolute atomic E-state index is 0.996. The molecule has 0 atom stereocenters. The maximum absolute atomic E-state index is 2.67. The molecule has 0 unspecified atom stereocenters. The summed E-state index contributed by atoms with van der Waals surface area (Å²) >= 11 is 0. The summed E-state index contributed by atoms with van der Waals surface area (Å²) in [5.74, 6) is 0.996. The zero-order valence-corrected chi connectivity index (χ0v) is 13.7. The first-order chi connectivity index (χ1) is 9.28. The first-order valence-electron chi connectivity index (χ1n) is 8.41. The minimum Gasteiger partial charge on any atom is -0.306 e. The van der Waals surface area contributed by atoms with Gasteiger partial charge in [0.2, 0.25) is 0 Å². The molecule has 0 aromatic heterocycles. The van der Waals surface area contributed by atoms with Crippen molar-refractivity contribution in [3.05, 3.63) is 0 Å². The first kappa shape index (κ1) is 16.9. The maximum Gasteiger partial charge on any atom is 0.0110 e. The van der Waals surface area contributed by atoms with Crippen molar-refractivity contribution < 1.29 is 0 Å². The van der Waals surface area contributed by atoms with Gasteiger partial charge in [0, 0.05) is 26.2 Å². The monoisotopic (exact) mass is 269 g/mol. The molecule has 0 bridgehead atoms. The highest BCUT2D eigenvalue weighted by Crippen LogP contribution is 2.20. The van der Waals surface area contributed by atoms with Gasteiger partial charge in [-0.1, -0.05) is 20.8 Å². The van der Waals surface area contributed by atoms with Crippen LogP contribution in [0.1, 0.15) is 40.0 Å². The Hall–Kier alpha value is -0.120. The van der Waals surface area contributed by atoms with Crippen LogP contribution in [-0.2, 0) is 0 Å². The highest BCUT2D eigenvalue weighted by Gasteiger charge is 2.19. The highest BCUT2D eigenvalue weighted by molar-refractivity contribution is 4.75. The lowest BCUT2D eigenvalue weighted by molar-refractivity contribution is 0.123. The van der Waals surface area contributed by atoms with E-state index in [-0.39, 0.29) is 0 Å². The third kappa shape index (κ3) is 6.24. The van der Waals surface area contributed by atoms with E-state index in [4.69, 9.17) is 0 Å². The standard InChI is InChI=1S/C14H29N3.C2H6/c1-3-16-10-12-17(13-11-16)9-6-14-4-7-15(2)8-5-14;1-2/h14H,3-13H2,1-2H3;1-2H3. The van der Waals surface area contributed by atoms with Crippen molar-refractivity contribution in [1.29, 1.82) is 0 Å². The third-order valence-corrected chi connectivity index (χ3v) is 4.60. The number of piperidine rings is 1. The van der Waals surface area contributed by atoms with Gasteiger partial charge in [-0.3, -0.25) is 0 Å². The van der Waals surface area contributed by atoms with E-state index >= 15 is 0 Å². The van der Waals surface area contributed by atoms with Crippen molar-refractivity contribution in [3.63, 3.8) is 0 Å². The second kappa shape index (κ2) is 9.73. The number of piperazine rings is 1. The van der Waals surface area contributed by atoms with Crippen LogP contribution in [0.3, 0.4) is 0 Å². The summed E-state index contributed by atoms with van der Waals surface area (Å²) in [6.07, 6.45) is 4.27. The summed E-state index contributed by atoms with van der Waals surface area (Å²) in [5, 5.41) is 0. The largest absolute Gasteiger partial charge is 0.306 e. The molecule has 2 aliphatic rings. The van der Waals surface area contributed by atoms with Gasteiger partial charge in [-0.15, -0.1) is 0 Å². The molecule has 0 aromatic rings. The average molecular weight is 269 g/mol. The zero-order chi connectivity index (χ0) is 14.1. The molecule has 19 heavy (non-hydrogen) atoms. The number of likely N-dealkylation sites (tertiary alicyclic amines) is 1. The molecule has 2 aliphatic heterocycles. The Labute approximate surface area is 120 Å². The van der Waals surface area contributed by atoms with Gasteiger partial charge in [0.1, 0.15) is 0 Å². The molecule has 114 valence electrons. The Morgan fingerprint density at radius 1 is 0.842 bits per heavy atom. The van der Waals surface area contributed by atoms with Crippen molar-refractivity contribution in [2.75, 3.05) is 59.4 Å². The highest BCUT2D eigenvalue weighted by atomic mass is 15.3. The van der Waals surface area contributed by atoms with Crippen LogP contribution in [0.5, 0.6) is 0 Å². The Morgan fingerprint density at radius 3 is 1.89 bits per heavy atom. The first-order valence-corrected chi connectivity index (χ1v) is 8.41. The fourth-order valence-electron chi connectivity index (χ4n) is 3.05. The van der Waals surface area contributed by atoms with E-state index in [1.807, 2.05) is 13.8 Å². The molecular weight excluding hydrogens is 234 g/mol. The average Bonchev–Trinajstić information content (AvgIpc) is 2.49. The molecular formula is C16H35N3. The molecule has 0 radical (unpaired) electrons. The van der Waals surface area contributed by atoms with Crippen LogP contribution in [0.2, 0.25) is 0 Å². The summed E-state index contributed by atoms with van der Waals surface area (Å²) in [6.45, 7) is 16.6. The Bertz CT molecular complexity index is 204. The summed E-state index contributed by atoms with van der Waals surface area (Å²) in [6, 6.07) is 0. The van der Waals surface area contributed by atoms with Crippen LogP contribution in [-0.4, -0.2) is 74.1 Å². The summed E-state index contributed by atoms with van der Waals surface area (Å²) in [4.78, 5) is 7.70. The van der Waals surface area contributed by atoms with E-state index in [1.54, 1.807) is 0 Å². The predicted molar refractivity (Wildman–Crippen MR) is 84.7 cm³/mol. The van der Waals surface area contributed by atoms with Crippen LogP contribution in [0.15, 0.2) is 0 Å². The van der Waals surface area contributed by atoms with E-state index in [0.29, 0.717) is 0 Å². The maximum atomic E-state index is 2.67. The van der Waals surface area contributed by atoms with Crippen LogP contribution >= 0.6 is 0 Å². The third-order valence-electron chi connectivity index (χ3n) is 4.60. The Balaban J connectivity index is 0.000000861. The number of hydrogen-bond donors (Lipinski definition) is 0. The van der Waals surface area contributed by atoms with Gasteiger partial charge in [-0.2, -0.15) is 0 Å². The Morgan fingerprint density at radius 2 is 1.37 bits per heavy atom. The second-order valence-corrected chi connectivity index (χ2v) is 5.81. The van der Waals surface area contributed by atoms with Gasteiger partial charge >= 0.3 is 0 Å². The molecule has 0 N–H and O–H groups in total. The van der Waals surface area contributed by atoms with Gasteiger partial charge in [-0.25, -0.2) is 0 Å². The normalized spacial score (nSPS) is 24.0. The van der Waals surface area contributed by atoms with Gasteiger partial charge in [0.25, 0.3) is 0 Å². The molecule has 0 aliphatic carbocycles. The second-order valence-electron chi connectivity index (χ2n) is 5.81. The number of hydrogen-bond acceptors (Lipinski definition) is 3. The Kier molecular flexibility index (Phi) is 8.67. The topological polar surface area (TPSA) is 9.72 Å². The molecule has 0 aromatic carbocycles. The van der Waals surface area contributed by atoms with Crippen LogP contribution < -0.4 is 0 Å². The van der Waals surface area contributed by atoms with Crippen molar-refractivity contribution in [1.82, 2.24) is 14.7 Å². The van der Waals surface area contributed by atoms with E-state index < -0.39 is 0 Å². The SMILES string of the molecule is CC.CCN1CCN(CCC2CCN(C)CC2)CC1. The molecule has 2 saturated heterocycles.